The van der Waals surface area contributed by atoms with Crippen LogP contribution in [0.25, 0.3) is 0 Å². The number of rotatable bonds is 6. The number of anilines is 1. The monoisotopic (exact) mass is 197 g/mol. The van der Waals surface area contributed by atoms with Crippen LogP contribution in [-0.4, -0.2) is 23.0 Å². The summed E-state index contributed by atoms with van der Waals surface area (Å²) in [6, 6.07) is 1.87. The lowest BCUT2D eigenvalue weighted by Gasteiger charge is -2.05. The first-order valence-electron chi connectivity index (χ1n) is 5.11. The van der Waals surface area contributed by atoms with E-state index in [0.717, 1.165) is 25.3 Å². The molecule has 0 fully saturated rings. The summed E-state index contributed by atoms with van der Waals surface area (Å²) in [4.78, 5) is 0. The van der Waals surface area contributed by atoms with Crippen molar-refractivity contribution in [2.24, 2.45) is 0 Å². The molecule has 1 heterocycles. The first kappa shape index (κ1) is 11.0. The summed E-state index contributed by atoms with van der Waals surface area (Å²) in [5.74, 6) is 0.580. The minimum Gasteiger partial charge on any atom is -0.382 e. The molecule has 0 aliphatic rings. The summed E-state index contributed by atoms with van der Waals surface area (Å²) >= 11 is 0. The summed E-state index contributed by atoms with van der Waals surface area (Å²) in [5, 5.41) is 4.14. The van der Waals surface area contributed by atoms with Crippen molar-refractivity contribution in [1.82, 2.24) is 9.78 Å². The van der Waals surface area contributed by atoms with Gasteiger partial charge in [-0.1, -0.05) is 13.3 Å². The minimum absolute atomic E-state index is 0.580. The lowest BCUT2D eigenvalue weighted by Crippen LogP contribution is -2.09. The van der Waals surface area contributed by atoms with Gasteiger partial charge in [-0.3, -0.25) is 4.68 Å². The van der Waals surface area contributed by atoms with Gasteiger partial charge in [0.05, 0.1) is 13.2 Å². The second-order valence-corrected chi connectivity index (χ2v) is 3.40. The number of nitrogens with zero attached hydrogens (tertiary/aromatic N) is 2. The van der Waals surface area contributed by atoms with Gasteiger partial charge in [-0.2, -0.15) is 5.10 Å². The second kappa shape index (κ2) is 5.65. The standard InChI is InChI=1S/C10H19N3O/c1-3-4-6-14-7-5-13-9(2)8-10(11)12-13/h8H,3-7H2,1-2H3,(H2,11,12). The van der Waals surface area contributed by atoms with Gasteiger partial charge in [0, 0.05) is 18.4 Å². The lowest BCUT2D eigenvalue weighted by atomic mass is 10.4. The van der Waals surface area contributed by atoms with E-state index in [0.29, 0.717) is 12.4 Å². The van der Waals surface area contributed by atoms with Crippen LogP contribution in [0.5, 0.6) is 0 Å². The maximum absolute atomic E-state index is 5.56. The van der Waals surface area contributed by atoms with E-state index in [1.165, 1.54) is 6.42 Å². The van der Waals surface area contributed by atoms with E-state index in [1.54, 1.807) is 0 Å². The average Bonchev–Trinajstić information content (AvgIpc) is 2.45. The Bertz CT molecular complexity index is 270. The molecule has 80 valence electrons. The van der Waals surface area contributed by atoms with E-state index in [2.05, 4.69) is 12.0 Å². The molecule has 0 aliphatic carbocycles. The molecule has 0 atom stereocenters. The first-order chi connectivity index (χ1) is 6.74. The van der Waals surface area contributed by atoms with E-state index >= 15 is 0 Å². The summed E-state index contributed by atoms with van der Waals surface area (Å²) < 4.78 is 7.32. The van der Waals surface area contributed by atoms with Crippen molar-refractivity contribution >= 4 is 5.82 Å². The van der Waals surface area contributed by atoms with Gasteiger partial charge in [0.2, 0.25) is 0 Å². The number of unbranched alkanes of at least 4 members (excludes halogenated alkanes) is 1. The van der Waals surface area contributed by atoms with Crippen molar-refractivity contribution in [3.8, 4) is 0 Å². The highest BCUT2D eigenvalue weighted by atomic mass is 16.5. The predicted molar refractivity (Wildman–Crippen MR) is 57.1 cm³/mol. The van der Waals surface area contributed by atoms with Crippen molar-refractivity contribution < 1.29 is 4.74 Å². The number of ether oxygens (including phenoxy) is 1. The quantitative estimate of drug-likeness (QED) is 0.705. The largest absolute Gasteiger partial charge is 0.382 e. The van der Waals surface area contributed by atoms with Gasteiger partial charge in [0.15, 0.2) is 0 Å². The van der Waals surface area contributed by atoms with Gasteiger partial charge < -0.3 is 10.5 Å². The fraction of sp³-hybridized carbons (Fsp3) is 0.700. The van der Waals surface area contributed by atoms with Gasteiger partial charge in [-0.15, -0.1) is 0 Å². The van der Waals surface area contributed by atoms with Gasteiger partial charge >= 0.3 is 0 Å². The molecule has 4 heteroatoms. The van der Waals surface area contributed by atoms with Gasteiger partial charge in [0.25, 0.3) is 0 Å². The summed E-state index contributed by atoms with van der Waals surface area (Å²) in [6.07, 6.45) is 2.30. The maximum atomic E-state index is 5.56. The third kappa shape index (κ3) is 3.38. The molecular weight excluding hydrogens is 178 g/mol. The summed E-state index contributed by atoms with van der Waals surface area (Å²) in [5.41, 5.74) is 6.64. The van der Waals surface area contributed by atoms with E-state index in [9.17, 15) is 0 Å². The maximum Gasteiger partial charge on any atom is 0.145 e. The third-order valence-corrected chi connectivity index (χ3v) is 2.09. The Morgan fingerprint density at radius 3 is 2.86 bits per heavy atom. The van der Waals surface area contributed by atoms with E-state index in [1.807, 2.05) is 17.7 Å². The molecule has 0 unspecified atom stereocenters. The zero-order valence-electron chi connectivity index (χ0n) is 8.99. The molecule has 0 bridgehead atoms. The molecule has 0 aliphatic heterocycles. The van der Waals surface area contributed by atoms with Gasteiger partial charge in [-0.25, -0.2) is 0 Å². The minimum atomic E-state index is 0.580. The highest BCUT2D eigenvalue weighted by molar-refractivity contribution is 5.28. The molecule has 0 spiro atoms. The molecule has 1 aromatic heterocycles. The number of nitrogens with two attached hydrogens (primary N) is 1. The molecule has 1 aromatic rings. The van der Waals surface area contributed by atoms with Crippen molar-refractivity contribution in [2.75, 3.05) is 18.9 Å². The predicted octanol–water partition coefficient (Wildman–Crippen LogP) is 1.59. The van der Waals surface area contributed by atoms with Crippen LogP contribution in [0.4, 0.5) is 5.82 Å². The number of aromatic nitrogens is 2. The van der Waals surface area contributed by atoms with Crippen LogP contribution in [0.15, 0.2) is 6.07 Å². The van der Waals surface area contributed by atoms with E-state index in [-0.39, 0.29) is 0 Å². The Morgan fingerprint density at radius 2 is 2.29 bits per heavy atom. The SMILES string of the molecule is CCCCOCCn1nc(N)cc1C. The topological polar surface area (TPSA) is 53.1 Å². The molecule has 0 amide bonds. The normalized spacial score (nSPS) is 10.7. The molecular formula is C10H19N3O. The Kier molecular flexibility index (Phi) is 4.46. The Morgan fingerprint density at radius 1 is 1.50 bits per heavy atom. The summed E-state index contributed by atoms with van der Waals surface area (Å²) in [7, 11) is 0. The van der Waals surface area contributed by atoms with Crippen LogP contribution >= 0.6 is 0 Å². The number of hydrogen-bond acceptors (Lipinski definition) is 3. The van der Waals surface area contributed by atoms with Crippen molar-refractivity contribution in [3.05, 3.63) is 11.8 Å². The number of nitrogen functional groups attached to an aromatic ring is 1. The summed E-state index contributed by atoms with van der Waals surface area (Å²) in [6.45, 7) is 6.48. The molecule has 0 saturated carbocycles. The molecule has 2 N–H and O–H groups in total. The highest BCUT2D eigenvalue weighted by Gasteiger charge is 1.99. The fourth-order valence-electron chi connectivity index (χ4n) is 1.26. The first-order valence-corrected chi connectivity index (χ1v) is 5.11. The third-order valence-electron chi connectivity index (χ3n) is 2.09. The Hall–Kier alpha value is -1.03. The lowest BCUT2D eigenvalue weighted by molar-refractivity contribution is 0.120. The molecule has 4 nitrogen and oxygen atoms in total. The second-order valence-electron chi connectivity index (χ2n) is 3.40. The van der Waals surface area contributed by atoms with Gasteiger partial charge in [0.1, 0.15) is 5.82 Å². The molecule has 14 heavy (non-hydrogen) atoms. The van der Waals surface area contributed by atoms with Crippen LogP contribution in [0.1, 0.15) is 25.5 Å². The van der Waals surface area contributed by atoms with E-state index < -0.39 is 0 Å². The molecule has 0 aromatic carbocycles. The highest BCUT2D eigenvalue weighted by Crippen LogP contribution is 2.03. The smallest absolute Gasteiger partial charge is 0.145 e. The number of hydrogen-bond donors (Lipinski definition) is 1. The molecule has 1 rings (SSSR count). The Balaban J connectivity index is 2.21. The van der Waals surface area contributed by atoms with Crippen LogP contribution in [0.3, 0.4) is 0 Å². The van der Waals surface area contributed by atoms with Crippen molar-refractivity contribution in [3.63, 3.8) is 0 Å². The van der Waals surface area contributed by atoms with Gasteiger partial charge in [-0.05, 0) is 13.3 Å². The fourth-order valence-corrected chi connectivity index (χ4v) is 1.26. The molecule has 0 saturated heterocycles. The average molecular weight is 197 g/mol. The van der Waals surface area contributed by atoms with E-state index in [4.69, 9.17) is 10.5 Å². The zero-order valence-corrected chi connectivity index (χ0v) is 8.99. The van der Waals surface area contributed by atoms with Crippen LogP contribution < -0.4 is 5.73 Å². The van der Waals surface area contributed by atoms with Crippen molar-refractivity contribution in [1.29, 1.82) is 0 Å². The zero-order chi connectivity index (χ0) is 10.4. The van der Waals surface area contributed by atoms with Crippen LogP contribution in [0.2, 0.25) is 0 Å². The van der Waals surface area contributed by atoms with Crippen LogP contribution in [0, 0.1) is 6.92 Å². The van der Waals surface area contributed by atoms with Crippen LogP contribution in [-0.2, 0) is 11.3 Å². The van der Waals surface area contributed by atoms with Crippen molar-refractivity contribution in [2.45, 2.75) is 33.2 Å². The Labute approximate surface area is 85.0 Å². The number of aryl methyl sites for hydroxylation is 1. The molecule has 0 radical (unpaired) electrons.